The Hall–Kier alpha value is 0.630. The van der Waals surface area contributed by atoms with E-state index in [1.807, 2.05) is 0 Å². The summed E-state index contributed by atoms with van der Waals surface area (Å²) in [6, 6.07) is 8.06. The third kappa shape index (κ3) is 14.7. The molecule has 1 aromatic rings. The molecule has 0 radical (unpaired) electrons. The van der Waals surface area contributed by atoms with Crippen molar-refractivity contribution < 1.29 is 118 Å². The fourth-order valence-electron chi connectivity index (χ4n) is 0.574. The van der Waals surface area contributed by atoms with Crippen molar-refractivity contribution in [2.45, 2.75) is 0 Å². The van der Waals surface area contributed by atoms with Crippen LogP contribution in [0, 0.1) is 0 Å². The third-order valence-corrected chi connectivity index (χ3v) is 1.18. The normalized spacial score (nSPS) is 6.89. The van der Waals surface area contributed by atoms with Gasteiger partial charge >= 0.3 is 88.7 Å². The number of rotatable bonds is 1. The summed E-state index contributed by atoms with van der Waals surface area (Å²) in [6.45, 7) is 0. The first-order valence-corrected chi connectivity index (χ1v) is 3.64. The van der Waals surface area contributed by atoms with Gasteiger partial charge in [-0.25, -0.2) is 0 Å². The second-order valence-corrected chi connectivity index (χ2v) is 2.23. The fourth-order valence-corrected chi connectivity index (χ4v) is 0.574. The quantitative estimate of drug-likeness (QED) is 0.371. The standard InChI is InChI=1S/C7H6O2.C2H2O4.3Na/c8-7(9)6-4-2-1-3-5-6;3-1(4)2(5)6;;;/h1-5H,(H,8,9);(H,3,4)(H,5,6);;;/q;;3*+1/p-3. The topological polar surface area (TPSA) is 120 Å². The number of carbonyl (C=O) groups is 3. The van der Waals surface area contributed by atoms with Crippen molar-refractivity contribution in [1.82, 2.24) is 0 Å². The van der Waals surface area contributed by atoms with Crippen LogP contribution >= 0.6 is 0 Å². The van der Waals surface area contributed by atoms with E-state index in [4.69, 9.17) is 19.8 Å². The number of benzene rings is 1. The van der Waals surface area contributed by atoms with Gasteiger partial charge < -0.3 is 29.7 Å². The molecule has 0 aliphatic heterocycles. The molecule has 0 unspecified atom stereocenters. The minimum absolute atomic E-state index is 0. The van der Waals surface area contributed by atoms with Crippen LogP contribution in [-0.2, 0) is 9.59 Å². The van der Waals surface area contributed by atoms with Crippen LogP contribution in [0.1, 0.15) is 10.4 Å². The maximum Gasteiger partial charge on any atom is 1.00 e. The number of aromatic carboxylic acids is 1. The van der Waals surface area contributed by atoms with Crippen molar-refractivity contribution in [2.24, 2.45) is 0 Å². The van der Waals surface area contributed by atoms with E-state index in [9.17, 15) is 9.90 Å². The molecule has 1 rings (SSSR count). The van der Waals surface area contributed by atoms with Gasteiger partial charge in [-0.05, 0) is 5.56 Å². The van der Waals surface area contributed by atoms with Crippen LogP contribution < -0.4 is 104 Å². The van der Waals surface area contributed by atoms with E-state index in [0.29, 0.717) is 0 Å². The first-order valence-electron chi connectivity index (χ1n) is 3.64. The largest absolute Gasteiger partial charge is 1.00 e. The molecule has 0 spiro atoms. The Morgan fingerprint density at radius 3 is 1.22 bits per heavy atom. The molecule has 80 valence electrons. The van der Waals surface area contributed by atoms with Gasteiger partial charge in [-0.3, -0.25) is 0 Å². The maximum absolute atomic E-state index is 10.1. The number of aliphatic carboxylic acids is 2. The van der Waals surface area contributed by atoms with E-state index in [-0.39, 0.29) is 94.2 Å². The molecule has 0 amide bonds. The smallest absolute Gasteiger partial charge is 0.545 e. The van der Waals surface area contributed by atoms with Crippen molar-refractivity contribution in [3.05, 3.63) is 35.9 Å². The van der Waals surface area contributed by atoms with Crippen LogP contribution in [-0.4, -0.2) is 17.9 Å². The average Bonchev–Trinajstić information content (AvgIpc) is 2.20. The monoisotopic (exact) mass is 278 g/mol. The van der Waals surface area contributed by atoms with Gasteiger partial charge in [0.1, 0.15) is 0 Å². The summed E-state index contributed by atoms with van der Waals surface area (Å²) < 4.78 is 0. The second-order valence-electron chi connectivity index (χ2n) is 2.23. The molecule has 0 aromatic heterocycles. The van der Waals surface area contributed by atoms with Crippen LogP contribution in [0.5, 0.6) is 0 Å². The number of carbonyl (C=O) groups excluding carboxylic acids is 3. The van der Waals surface area contributed by atoms with E-state index < -0.39 is 17.9 Å². The van der Waals surface area contributed by atoms with Crippen molar-refractivity contribution >= 4 is 17.9 Å². The van der Waals surface area contributed by atoms with Gasteiger partial charge in [0.15, 0.2) is 0 Å². The van der Waals surface area contributed by atoms with Crippen LogP contribution in [0.4, 0.5) is 0 Å². The molecule has 0 N–H and O–H groups in total. The molecule has 9 heteroatoms. The van der Waals surface area contributed by atoms with Crippen LogP contribution in [0.15, 0.2) is 30.3 Å². The molecule has 0 saturated heterocycles. The van der Waals surface area contributed by atoms with Crippen LogP contribution in [0.25, 0.3) is 0 Å². The van der Waals surface area contributed by atoms with Crippen molar-refractivity contribution in [2.75, 3.05) is 0 Å². The van der Waals surface area contributed by atoms with Crippen molar-refractivity contribution in [3.63, 3.8) is 0 Å². The van der Waals surface area contributed by atoms with Gasteiger partial charge in [-0.1, -0.05) is 30.3 Å². The molecule has 1 aromatic carbocycles. The first-order chi connectivity index (χ1) is 6.95. The molecule has 0 aliphatic carbocycles. The van der Waals surface area contributed by atoms with Gasteiger partial charge in [0, 0.05) is 0 Å². The van der Waals surface area contributed by atoms with E-state index in [2.05, 4.69) is 0 Å². The van der Waals surface area contributed by atoms with Crippen molar-refractivity contribution in [3.8, 4) is 0 Å². The Morgan fingerprint density at radius 2 is 1.06 bits per heavy atom. The molecular formula is C9H5Na3O6. The molecule has 0 saturated carbocycles. The van der Waals surface area contributed by atoms with Crippen LogP contribution in [0.3, 0.4) is 0 Å². The zero-order valence-corrected chi connectivity index (χ0v) is 16.3. The van der Waals surface area contributed by atoms with Gasteiger partial charge in [0.05, 0.1) is 17.9 Å². The van der Waals surface area contributed by atoms with E-state index in [0.717, 1.165) is 0 Å². The Labute approximate surface area is 170 Å². The number of carboxylic acids is 3. The second kappa shape index (κ2) is 15.7. The fraction of sp³-hybridized carbons (Fsp3) is 0. The number of hydrogen-bond donors (Lipinski definition) is 0. The molecule has 0 atom stereocenters. The average molecular weight is 278 g/mol. The number of hydrogen-bond acceptors (Lipinski definition) is 6. The summed E-state index contributed by atoms with van der Waals surface area (Å²) in [4.78, 5) is 27.9. The molecule has 0 fully saturated rings. The van der Waals surface area contributed by atoms with E-state index in [1.165, 1.54) is 12.1 Å². The third-order valence-electron chi connectivity index (χ3n) is 1.18. The predicted octanol–water partition coefficient (Wildman–Crippen LogP) is -12.5. The molecule has 0 aliphatic rings. The predicted molar refractivity (Wildman–Crippen MR) is 40.8 cm³/mol. The Morgan fingerprint density at radius 1 is 0.722 bits per heavy atom. The SMILES string of the molecule is O=C([O-])C(=O)[O-].O=C([O-])c1ccccc1.[Na+].[Na+].[Na+]. The Bertz CT molecular complexity index is 356. The summed E-state index contributed by atoms with van der Waals surface area (Å²) >= 11 is 0. The minimum Gasteiger partial charge on any atom is -0.545 e. The van der Waals surface area contributed by atoms with Crippen molar-refractivity contribution in [1.29, 1.82) is 0 Å². The summed E-state index contributed by atoms with van der Waals surface area (Å²) in [5, 5.41) is 27.9. The van der Waals surface area contributed by atoms with E-state index in [1.54, 1.807) is 18.2 Å². The zero-order chi connectivity index (χ0) is 11.8. The van der Waals surface area contributed by atoms with Gasteiger partial charge in [-0.2, -0.15) is 0 Å². The van der Waals surface area contributed by atoms with Gasteiger partial charge in [-0.15, -0.1) is 0 Å². The molecular weight excluding hydrogens is 273 g/mol. The Kier molecular flexibility index (Phi) is 23.6. The van der Waals surface area contributed by atoms with E-state index >= 15 is 0 Å². The Balaban J connectivity index is -0.0000000992. The van der Waals surface area contributed by atoms with Crippen LogP contribution in [0.2, 0.25) is 0 Å². The summed E-state index contributed by atoms with van der Waals surface area (Å²) in [6.07, 6.45) is 0. The number of carboxylic acid groups (broad SMARTS) is 3. The van der Waals surface area contributed by atoms with Gasteiger partial charge in [0.25, 0.3) is 0 Å². The molecule has 6 nitrogen and oxygen atoms in total. The molecule has 18 heavy (non-hydrogen) atoms. The molecule has 0 bridgehead atoms. The summed E-state index contributed by atoms with van der Waals surface area (Å²) in [5.74, 6) is -5.50. The summed E-state index contributed by atoms with van der Waals surface area (Å²) in [7, 11) is 0. The zero-order valence-electron chi connectivity index (χ0n) is 10.3. The van der Waals surface area contributed by atoms with Gasteiger partial charge in [0.2, 0.25) is 0 Å². The molecule has 0 heterocycles. The maximum atomic E-state index is 10.1. The first kappa shape index (κ1) is 27.1. The summed E-state index contributed by atoms with van der Waals surface area (Å²) in [5.41, 5.74) is 0.220. The minimum atomic E-state index is -2.19.